The number of amides is 1. The molecule has 0 unspecified atom stereocenters. The fourth-order valence-electron chi connectivity index (χ4n) is 2.97. The number of sulfone groups is 1. The summed E-state index contributed by atoms with van der Waals surface area (Å²) in [6, 6.07) is 4.16. The van der Waals surface area contributed by atoms with Crippen molar-refractivity contribution in [2.75, 3.05) is 55.8 Å². The largest absolute Gasteiger partial charge is 0.378 e. The number of nitrogens with zero attached hydrogens (tertiary/aromatic N) is 3. The molecule has 2 fully saturated rings. The topological polar surface area (TPSA) is 110 Å². The summed E-state index contributed by atoms with van der Waals surface area (Å²) in [6.07, 6.45) is 0. The third kappa shape index (κ3) is 3.90. The van der Waals surface area contributed by atoms with Crippen LogP contribution in [0.3, 0.4) is 0 Å². The Morgan fingerprint density at radius 3 is 2.36 bits per heavy atom. The molecule has 2 aliphatic rings. The quantitative estimate of drug-likeness (QED) is 0.557. The van der Waals surface area contributed by atoms with Gasteiger partial charge in [0.1, 0.15) is 0 Å². The fraction of sp³-hybridized carbons (Fsp3) is 0.533. The van der Waals surface area contributed by atoms with E-state index in [4.69, 9.17) is 4.74 Å². The van der Waals surface area contributed by atoms with Crippen LogP contribution in [0.2, 0.25) is 0 Å². The van der Waals surface area contributed by atoms with Crippen LogP contribution in [-0.4, -0.2) is 75.0 Å². The molecule has 0 aliphatic carbocycles. The van der Waals surface area contributed by atoms with Gasteiger partial charge in [0, 0.05) is 38.3 Å². The van der Waals surface area contributed by atoms with Gasteiger partial charge in [-0.3, -0.25) is 14.9 Å². The molecule has 10 heteroatoms. The predicted molar refractivity (Wildman–Crippen MR) is 90.7 cm³/mol. The molecule has 0 radical (unpaired) electrons. The molecule has 9 nitrogen and oxygen atoms in total. The Labute approximate surface area is 145 Å². The van der Waals surface area contributed by atoms with Crippen LogP contribution >= 0.6 is 0 Å². The van der Waals surface area contributed by atoms with Gasteiger partial charge in [-0.05, 0) is 6.07 Å². The summed E-state index contributed by atoms with van der Waals surface area (Å²) in [4.78, 5) is 26.8. The van der Waals surface area contributed by atoms with Crippen LogP contribution in [0, 0.1) is 10.1 Å². The van der Waals surface area contributed by atoms with Crippen LogP contribution < -0.4 is 4.90 Å². The lowest BCUT2D eigenvalue weighted by Crippen LogP contribution is -2.44. The van der Waals surface area contributed by atoms with E-state index in [1.54, 1.807) is 0 Å². The number of non-ortho nitro benzene ring substituents is 1. The molecule has 3 rings (SSSR count). The maximum absolute atomic E-state index is 12.9. The van der Waals surface area contributed by atoms with Crippen LogP contribution in [-0.2, 0) is 14.6 Å². The summed E-state index contributed by atoms with van der Waals surface area (Å²) in [6.45, 7) is 2.32. The minimum atomic E-state index is -3.09. The molecule has 0 N–H and O–H groups in total. The van der Waals surface area contributed by atoms with E-state index in [-0.39, 0.29) is 36.2 Å². The lowest BCUT2D eigenvalue weighted by atomic mass is 10.1. The zero-order valence-electron chi connectivity index (χ0n) is 13.6. The van der Waals surface area contributed by atoms with E-state index in [1.165, 1.54) is 23.1 Å². The summed E-state index contributed by atoms with van der Waals surface area (Å²) in [5, 5.41) is 11.1. The molecule has 1 amide bonds. The van der Waals surface area contributed by atoms with E-state index in [0.29, 0.717) is 37.6 Å². The average Bonchev–Trinajstić information content (AvgIpc) is 2.61. The van der Waals surface area contributed by atoms with E-state index >= 15 is 0 Å². The van der Waals surface area contributed by atoms with Gasteiger partial charge in [0.25, 0.3) is 11.6 Å². The van der Waals surface area contributed by atoms with Gasteiger partial charge in [-0.15, -0.1) is 0 Å². The molecule has 1 aromatic rings. The molecule has 2 heterocycles. The fourth-order valence-corrected chi connectivity index (χ4v) is 4.17. The van der Waals surface area contributed by atoms with Crippen LogP contribution in [0.5, 0.6) is 0 Å². The second kappa shape index (κ2) is 6.96. The number of ether oxygens (including phenoxy) is 1. The first-order valence-electron chi connectivity index (χ1n) is 7.98. The number of benzene rings is 1. The van der Waals surface area contributed by atoms with E-state index in [1.807, 2.05) is 4.90 Å². The van der Waals surface area contributed by atoms with E-state index < -0.39 is 14.8 Å². The smallest absolute Gasteiger partial charge is 0.271 e. The number of carbonyl (C=O) groups is 1. The second-order valence-corrected chi connectivity index (χ2v) is 8.31. The number of carbonyl (C=O) groups excluding carboxylic acids is 1. The number of anilines is 1. The Morgan fingerprint density at radius 2 is 1.76 bits per heavy atom. The predicted octanol–water partition coefficient (Wildman–Crippen LogP) is 0.302. The van der Waals surface area contributed by atoms with Gasteiger partial charge < -0.3 is 14.5 Å². The summed E-state index contributed by atoms with van der Waals surface area (Å²) in [5.41, 5.74) is 0.766. The first-order chi connectivity index (χ1) is 11.9. The SMILES string of the molecule is O=C(c1ccc([N+](=O)[O-])cc1N1CCOCC1)N1CCS(=O)(=O)CC1. The Bertz CT molecular complexity index is 774. The van der Waals surface area contributed by atoms with Crippen molar-refractivity contribution in [2.45, 2.75) is 0 Å². The molecule has 25 heavy (non-hydrogen) atoms. The minimum absolute atomic E-state index is 0.0569. The van der Waals surface area contributed by atoms with Gasteiger partial charge in [-0.2, -0.15) is 0 Å². The van der Waals surface area contributed by atoms with Gasteiger partial charge >= 0.3 is 0 Å². The third-order valence-corrected chi connectivity index (χ3v) is 6.02. The first kappa shape index (κ1) is 17.6. The molecule has 0 bridgehead atoms. The summed E-state index contributed by atoms with van der Waals surface area (Å²) in [7, 11) is -3.09. The molecule has 136 valence electrons. The molecule has 2 saturated heterocycles. The summed E-state index contributed by atoms with van der Waals surface area (Å²) in [5.74, 6) is -0.414. The highest BCUT2D eigenvalue weighted by Gasteiger charge is 2.29. The van der Waals surface area contributed by atoms with E-state index in [9.17, 15) is 23.3 Å². The highest BCUT2D eigenvalue weighted by atomic mass is 32.2. The van der Waals surface area contributed by atoms with Gasteiger partial charge in [0.15, 0.2) is 9.84 Å². The lowest BCUT2D eigenvalue weighted by Gasteiger charge is -2.32. The monoisotopic (exact) mass is 369 g/mol. The second-order valence-electron chi connectivity index (χ2n) is 6.00. The standard InChI is InChI=1S/C15H19N3O6S/c19-15(17-5-9-25(22,23)10-6-17)13-2-1-12(18(20)21)11-14(13)16-3-7-24-8-4-16/h1-2,11H,3-10H2. The third-order valence-electron chi connectivity index (χ3n) is 4.41. The molecule has 0 spiro atoms. The van der Waals surface area contributed by atoms with Crippen LogP contribution in [0.15, 0.2) is 18.2 Å². The average molecular weight is 369 g/mol. The molecule has 0 saturated carbocycles. The number of morpholine rings is 1. The van der Waals surface area contributed by atoms with Crippen LogP contribution in [0.4, 0.5) is 11.4 Å². The highest BCUT2D eigenvalue weighted by Crippen LogP contribution is 2.28. The van der Waals surface area contributed by atoms with E-state index in [0.717, 1.165) is 0 Å². The van der Waals surface area contributed by atoms with Crippen molar-refractivity contribution >= 4 is 27.1 Å². The van der Waals surface area contributed by atoms with Crippen molar-refractivity contribution in [3.63, 3.8) is 0 Å². The molecular formula is C15H19N3O6S. The van der Waals surface area contributed by atoms with Gasteiger partial charge in [0.2, 0.25) is 0 Å². The number of hydrogen-bond donors (Lipinski definition) is 0. The zero-order valence-corrected chi connectivity index (χ0v) is 14.4. The summed E-state index contributed by atoms with van der Waals surface area (Å²) < 4.78 is 28.4. The van der Waals surface area contributed by atoms with E-state index in [2.05, 4.69) is 0 Å². The molecular weight excluding hydrogens is 350 g/mol. The maximum atomic E-state index is 12.9. The van der Waals surface area contributed by atoms with Crippen molar-refractivity contribution in [3.05, 3.63) is 33.9 Å². The van der Waals surface area contributed by atoms with Crippen LogP contribution in [0.1, 0.15) is 10.4 Å². The Morgan fingerprint density at radius 1 is 1.12 bits per heavy atom. The molecule has 0 aromatic heterocycles. The number of nitro groups is 1. The van der Waals surface area contributed by atoms with Crippen molar-refractivity contribution in [1.82, 2.24) is 4.90 Å². The Hall–Kier alpha value is -2.20. The minimum Gasteiger partial charge on any atom is -0.378 e. The molecule has 2 aliphatic heterocycles. The van der Waals surface area contributed by atoms with Crippen LogP contribution in [0.25, 0.3) is 0 Å². The van der Waals surface area contributed by atoms with Gasteiger partial charge in [-0.1, -0.05) is 0 Å². The van der Waals surface area contributed by atoms with Gasteiger partial charge in [-0.25, -0.2) is 8.42 Å². The Kier molecular flexibility index (Phi) is 4.91. The van der Waals surface area contributed by atoms with Crippen molar-refractivity contribution in [1.29, 1.82) is 0 Å². The van der Waals surface area contributed by atoms with Crippen molar-refractivity contribution in [3.8, 4) is 0 Å². The number of nitro benzene ring substituents is 1. The zero-order chi connectivity index (χ0) is 18.0. The maximum Gasteiger partial charge on any atom is 0.271 e. The Balaban J connectivity index is 1.91. The van der Waals surface area contributed by atoms with Crippen molar-refractivity contribution in [2.24, 2.45) is 0 Å². The van der Waals surface area contributed by atoms with Crippen molar-refractivity contribution < 1.29 is 22.9 Å². The van der Waals surface area contributed by atoms with Gasteiger partial charge in [0.05, 0.1) is 40.9 Å². The normalized spacial score (nSPS) is 20.3. The molecule has 0 atom stereocenters. The first-order valence-corrected chi connectivity index (χ1v) is 9.80. The highest BCUT2D eigenvalue weighted by molar-refractivity contribution is 7.91. The number of hydrogen-bond acceptors (Lipinski definition) is 7. The molecule has 1 aromatic carbocycles. The number of rotatable bonds is 3. The summed E-state index contributed by atoms with van der Waals surface area (Å²) >= 11 is 0. The lowest BCUT2D eigenvalue weighted by molar-refractivity contribution is -0.384.